The van der Waals surface area contributed by atoms with E-state index in [-0.39, 0.29) is 23.7 Å². The molecule has 4 heterocycles. The third-order valence-corrected chi connectivity index (χ3v) is 6.04. The zero-order chi connectivity index (χ0) is 23.2. The first-order valence-electron chi connectivity index (χ1n) is 11.6. The molecule has 1 fully saturated rings. The molecule has 0 aliphatic carbocycles. The molecular weight excluding hydrogens is 420 g/mol. The molecule has 0 bridgehead atoms. The number of fused-ring (bicyclic) bond motifs is 1. The summed E-state index contributed by atoms with van der Waals surface area (Å²) in [6.07, 6.45) is 7.92. The Balaban J connectivity index is 1.45. The Morgan fingerprint density at radius 3 is 2.82 bits per heavy atom. The highest BCUT2D eigenvalue weighted by Crippen LogP contribution is 2.25. The smallest absolute Gasteiger partial charge is 0.266 e. The van der Waals surface area contributed by atoms with Crippen LogP contribution in [0, 0.1) is 5.92 Å². The van der Waals surface area contributed by atoms with Crippen molar-refractivity contribution >= 4 is 22.6 Å². The monoisotopic (exact) mass is 450 g/mol. The van der Waals surface area contributed by atoms with Gasteiger partial charge in [-0.15, -0.1) is 10.2 Å². The number of likely N-dealkylation sites (tertiary alicyclic amines) is 1. The fourth-order valence-electron chi connectivity index (χ4n) is 4.00. The topological polar surface area (TPSA) is 114 Å². The molecule has 3 aromatic rings. The van der Waals surface area contributed by atoms with Crippen molar-refractivity contribution in [3.05, 3.63) is 36.5 Å². The van der Waals surface area contributed by atoms with Crippen molar-refractivity contribution < 1.29 is 14.0 Å². The summed E-state index contributed by atoms with van der Waals surface area (Å²) in [4.78, 5) is 35.0. The van der Waals surface area contributed by atoms with E-state index in [0.717, 1.165) is 43.3 Å². The molecule has 0 aromatic carbocycles. The van der Waals surface area contributed by atoms with E-state index in [1.54, 1.807) is 12.4 Å². The second-order valence-corrected chi connectivity index (χ2v) is 8.68. The zero-order valence-corrected chi connectivity index (χ0v) is 19.2. The van der Waals surface area contributed by atoms with Gasteiger partial charge in [0.2, 0.25) is 11.8 Å². The molecule has 1 aliphatic heterocycles. The molecular formula is C24H30N6O3. The number of rotatable bonds is 11. The molecule has 33 heavy (non-hydrogen) atoms. The zero-order valence-electron chi connectivity index (χ0n) is 19.2. The van der Waals surface area contributed by atoms with Crippen LogP contribution in [0.25, 0.3) is 22.5 Å². The lowest BCUT2D eigenvalue weighted by Gasteiger charge is -2.35. The summed E-state index contributed by atoms with van der Waals surface area (Å²) in [6.45, 7) is 3.39. The van der Waals surface area contributed by atoms with Gasteiger partial charge in [-0.25, -0.2) is 4.98 Å². The van der Waals surface area contributed by atoms with E-state index in [1.807, 2.05) is 32.2 Å². The lowest BCUT2D eigenvalue weighted by atomic mass is 9.99. The van der Waals surface area contributed by atoms with Crippen molar-refractivity contribution in [2.45, 2.75) is 51.5 Å². The van der Waals surface area contributed by atoms with Crippen molar-refractivity contribution in [1.82, 2.24) is 30.4 Å². The van der Waals surface area contributed by atoms with Crippen LogP contribution in [0.5, 0.6) is 0 Å². The van der Waals surface area contributed by atoms with Gasteiger partial charge in [0.05, 0.1) is 11.4 Å². The number of aromatic nitrogens is 4. The molecule has 0 saturated carbocycles. The molecule has 1 saturated heterocycles. The number of amides is 1. The van der Waals surface area contributed by atoms with Crippen LogP contribution in [-0.4, -0.2) is 56.9 Å². The van der Waals surface area contributed by atoms with Gasteiger partial charge in [-0.3, -0.25) is 14.6 Å². The van der Waals surface area contributed by atoms with Gasteiger partial charge >= 0.3 is 0 Å². The lowest BCUT2D eigenvalue weighted by molar-refractivity contribution is -0.130. The Morgan fingerprint density at radius 1 is 1.18 bits per heavy atom. The molecule has 0 radical (unpaired) electrons. The summed E-state index contributed by atoms with van der Waals surface area (Å²) in [5.74, 6) is 0.981. The van der Waals surface area contributed by atoms with E-state index < -0.39 is 0 Å². The quantitative estimate of drug-likeness (QED) is 0.443. The largest absolute Gasteiger partial charge is 0.417 e. The maximum Gasteiger partial charge on any atom is 0.266 e. The van der Waals surface area contributed by atoms with Crippen LogP contribution in [0.4, 0.5) is 0 Å². The summed E-state index contributed by atoms with van der Waals surface area (Å²) in [7, 11) is 2.00. The second kappa shape index (κ2) is 10.6. The van der Waals surface area contributed by atoms with Gasteiger partial charge in [-0.2, -0.15) is 0 Å². The highest BCUT2D eigenvalue weighted by Gasteiger charge is 2.32. The number of nitrogens with zero attached hydrogens (tertiary/aromatic N) is 5. The molecule has 3 aromatic heterocycles. The third kappa shape index (κ3) is 5.78. The second-order valence-electron chi connectivity index (χ2n) is 8.68. The number of Topliss-reactive ketones (excluding diaryl/α,β-unsaturated/α-hetero) is 1. The van der Waals surface area contributed by atoms with Crippen LogP contribution in [0.1, 0.15) is 57.4 Å². The average molecular weight is 451 g/mol. The standard InChI is InChI=1S/C24H30N6O3/c1-3-18(31)7-5-4-6-8-20(27-22(32)17-14-30(2)15-17)23-28-29-24(33-23)21-10-9-16-13-25-12-11-19(16)26-21/h9-13,17,20H,3-8,14-15H2,1-2H3,(H,27,32)/t20-/m0/s1. The number of pyridine rings is 2. The first-order valence-corrected chi connectivity index (χ1v) is 11.6. The molecule has 1 atom stereocenters. The Morgan fingerprint density at radius 2 is 2.03 bits per heavy atom. The molecule has 9 nitrogen and oxygen atoms in total. The van der Waals surface area contributed by atoms with Gasteiger partial charge in [0.25, 0.3) is 5.89 Å². The molecule has 1 aliphatic rings. The summed E-state index contributed by atoms with van der Waals surface area (Å²) >= 11 is 0. The predicted molar refractivity (Wildman–Crippen MR) is 123 cm³/mol. The van der Waals surface area contributed by atoms with Crippen molar-refractivity contribution in [3.63, 3.8) is 0 Å². The Labute approximate surface area is 193 Å². The van der Waals surface area contributed by atoms with Gasteiger partial charge in [0, 0.05) is 43.7 Å². The number of carbonyl (C=O) groups is 2. The first kappa shape index (κ1) is 23.0. The predicted octanol–water partition coefficient (Wildman–Crippen LogP) is 3.33. The van der Waals surface area contributed by atoms with E-state index in [1.165, 1.54) is 0 Å². The third-order valence-electron chi connectivity index (χ3n) is 6.04. The van der Waals surface area contributed by atoms with E-state index in [4.69, 9.17) is 4.42 Å². The van der Waals surface area contributed by atoms with Crippen LogP contribution in [-0.2, 0) is 9.59 Å². The van der Waals surface area contributed by atoms with Crippen molar-refractivity contribution in [3.8, 4) is 11.6 Å². The van der Waals surface area contributed by atoms with Crippen LogP contribution >= 0.6 is 0 Å². The summed E-state index contributed by atoms with van der Waals surface area (Å²) in [5.41, 5.74) is 1.37. The maximum atomic E-state index is 12.7. The summed E-state index contributed by atoms with van der Waals surface area (Å²) < 4.78 is 5.97. The Bertz CT molecular complexity index is 1110. The minimum Gasteiger partial charge on any atom is -0.417 e. The van der Waals surface area contributed by atoms with Gasteiger partial charge in [0.15, 0.2) is 0 Å². The molecule has 174 valence electrons. The van der Waals surface area contributed by atoms with E-state index >= 15 is 0 Å². The normalized spacial score (nSPS) is 15.3. The van der Waals surface area contributed by atoms with Crippen molar-refractivity contribution in [2.24, 2.45) is 5.92 Å². The van der Waals surface area contributed by atoms with Gasteiger partial charge < -0.3 is 14.6 Å². The minimum atomic E-state index is -0.365. The summed E-state index contributed by atoms with van der Waals surface area (Å²) in [5, 5.41) is 12.5. The van der Waals surface area contributed by atoms with Crippen LogP contribution < -0.4 is 5.32 Å². The first-order chi connectivity index (χ1) is 16.0. The van der Waals surface area contributed by atoms with Crippen molar-refractivity contribution in [2.75, 3.05) is 20.1 Å². The van der Waals surface area contributed by atoms with Crippen LogP contribution in [0.3, 0.4) is 0 Å². The number of ketones is 1. The van der Waals surface area contributed by atoms with Gasteiger partial charge in [-0.1, -0.05) is 19.8 Å². The Hall–Kier alpha value is -3.20. The highest BCUT2D eigenvalue weighted by molar-refractivity contribution is 5.80. The molecule has 0 spiro atoms. The molecule has 9 heteroatoms. The van der Waals surface area contributed by atoms with Crippen molar-refractivity contribution in [1.29, 1.82) is 0 Å². The Kier molecular flexibility index (Phi) is 7.39. The number of hydrogen-bond donors (Lipinski definition) is 1. The highest BCUT2D eigenvalue weighted by atomic mass is 16.4. The molecule has 0 unspecified atom stereocenters. The SMILES string of the molecule is CCC(=O)CCCCC[C@H](NC(=O)C1CN(C)C1)c1nnc(-c2ccc3cnccc3n2)o1. The van der Waals surface area contributed by atoms with Crippen LogP contribution in [0.2, 0.25) is 0 Å². The van der Waals surface area contributed by atoms with E-state index in [2.05, 4.69) is 30.4 Å². The fraction of sp³-hybridized carbons (Fsp3) is 0.500. The van der Waals surface area contributed by atoms with E-state index in [0.29, 0.717) is 36.7 Å². The number of unbranched alkanes of at least 4 members (excludes halogenated alkanes) is 2. The molecule has 4 rings (SSSR count). The molecule has 1 amide bonds. The van der Waals surface area contributed by atoms with E-state index in [9.17, 15) is 9.59 Å². The fourth-order valence-corrected chi connectivity index (χ4v) is 4.00. The average Bonchev–Trinajstić information content (AvgIpc) is 3.30. The number of hydrogen-bond acceptors (Lipinski definition) is 8. The molecule has 1 N–H and O–H groups in total. The van der Waals surface area contributed by atoms with Crippen LogP contribution in [0.15, 0.2) is 35.0 Å². The lowest BCUT2D eigenvalue weighted by Crippen LogP contribution is -2.52. The number of nitrogens with one attached hydrogen (secondary N) is 1. The number of carbonyl (C=O) groups excluding carboxylic acids is 2. The minimum absolute atomic E-state index is 0.00957. The maximum absolute atomic E-state index is 12.7. The summed E-state index contributed by atoms with van der Waals surface area (Å²) in [6, 6.07) is 5.21. The van der Waals surface area contributed by atoms with Gasteiger partial charge in [0.1, 0.15) is 17.5 Å². The van der Waals surface area contributed by atoms with Gasteiger partial charge in [-0.05, 0) is 38.1 Å².